The molecule has 2 aromatic carbocycles. The Hall–Kier alpha value is -3.42. The van der Waals surface area contributed by atoms with Crippen LogP contribution in [0.5, 0.6) is 5.75 Å². The number of hydrogen-bond acceptors (Lipinski definition) is 6. The third-order valence-electron chi connectivity index (χ3n) is 3.47. The highest BCUT2D eigenvalue weighted by Gasteiger charge is 2.22. The molecule has 0 bridgehead atoms. The number of benzene rings is 2. The summed E-state index contributed by atoms with van der Waals surface area (Å²) in [5.41, 5.74) is 0.0483. The fraction of sp³-hybridized carbons (Fsp3) is 0.263. The van der Waals surface area contributed by atoms with Crippen molar-refractivity contribution in [1.82, 2.24) is 0 Å². The molecule has 1 N–H and O–H groups in total. The number of nitro benzene ring substituents is 1. The van der Waals surface area contributed by atoms with E-state index in [-0.39, 0.29) is 23.0 Å². The van der Waals surface area contributed by atoms with Crippen LogP contribution in [-0.2, 0) is 9.53 Å². The Labute approximate surface area is 156 Å². The largest absolute Gasteiger partial charge is 0.491 e. The molecule has 0 heterocycles. The van der Waals surface area contributed by atoms with Crippen LogP contribution in [0.1, 0.15) is 31.1 Å². The molecule has 0 aliphatic heterocycles. The summed E-state index contributed by atoms with van der Waals surface area (Å²) < 4.78 is 10.6. The molecule has 1 atom stereocenters. The standard InChI is InChI=1S/C19H20N2O6/c1-12(2)26-15-10-8-14(9-11-15)19(23)27-13(3)18(22)20-16-6-4-5-7-17(16)21(24)25/h4-13H,1-3H3,(H,20,22)/t13-/m1/s1. The highest BCUT2D eigenvalue weighted by atomic mass is 16.6. The molecular formula is C19H20N2O6. The van der Waals surface area contributed by atoms with Gasteiger partial charge in [0.15, 0.2) is 6.10 Å². The molecule has 0 saturated heterocycles. The number of carbonyl (C=O) groups excluding carboxylic acids is 2. The minimum atomic E-state index is -1.14. The van der Waals surface area contributed by atoms with Crippen molar-refractivity contribution in [3.8, 4) is 5.75 Å². The van der Waals surface area contributed by atoms with Crippen molar-refractivity contribution in [1.29, 1.82) is 0 Å². The monoisotopic (exact) mass is 372 g/mol. The fourth-order valence-electron chi connectivity index (χ4n) is 2.20. The predicted octanol–water partition coefficient (Wildman–Crippen LogP) is 3.57. The Morgan fingerprint density at radius 1 is 1.04 bits per heavy atom. The number of rotatable bonds is 7. The molecular weight excluding hydrogens is 352 g/mol. The van der Waals surface area contributed by atoms with E-state index >= 15 is 0 Å². The molecule has 0 fully saturated rings. The molecule has 2 aromatic rings. The highest BCUT2D eigenvalue weighted by molar-refractivity contribution is 5.98. The minimum Gasteiger partial charge on any atom is -0.491 e. The smallest absolute Gasteiger partial charge is 0.338 e. The summed E-state index contributed by atoms with van der Waals surface area (Å²) in [6.45, 7) is 5.16. The average Bonchev–Trinajstić information content (AvgIpc) is 2.61. The number of ether oxygens (including phenoxy) is 2. The van der Waals surface area contributed by atoms with Crippen LogP contribution >= 0.6 is 0 Å². The lowest BCUT2D eigenvalue weighted by Crippen LogP contribution is -2.30. The van der Waals surface area contributed by atoms with Gasteiger partial charge in [-0.25, -0.2) is 4.79 Å². The number of carbonyl (C=O) groups is 2. The zero-order valence-corrected chi connectivity index (χ0v) is 15.2. The molecule has 8 nitrogen and oxygen atoms in total. The number of nitrogens with one attached hydrogen (secondary N) is 1. The van der Waals surface area contributed by atoms with Crippen LogP contribution in [0.2, 0.25) is 0 Å². The van der Waals surface area contributed by atoms with Gasteiger partial charge in [0.1, 0.15) is 11.4 Å². The van der Waals surface area contributed by atoms with Crippen LogP contribution in [0.4, 0.5) is 11.4 Å². The summed E-state index contributed by atoms with van der Waals surface area (Å²) in [5, 5.41) is 13.4. The van der Waals surface area contributed by atoms with E-state index in [1.165, 1.54) is 37.3 Å². The van der Waals surface area contributed by atoms with E-state index in [0.29, 0.717) is 5.75 Å². The molecule has 142 valence electrons. The van der Waals surface area contributed by atoms with Crippen molar-refractivity contribution in [2.45, 2.75) is 33.0 Å². The molecule has 0 saturated carbocycles. The summed E-state index contributed by atoms with van der Waals surface area (Å²) in [5.74, 6) is -0.738. The van der Waals surface area contributed by atoms with Gasteiger partial charge in [-0.3, -0.25) is 14.9 Å². The third-order valence-corrected chi connectivity index (χ3v) is 3.47. The quantitative estimate of drug-likeness (QED) is 0.452. The maximum Gasteiger partial charge on any atom is 0.338 e. The van der Waals surface area contributed by atoms with E-state index in [1.807, 2.05) is 13.8 Å². The second-order valence-corrected chi connectivity index (χ2v) is 6.00. The zero-order valence-electron chi connectivity index (χ0n) is 15.2. The summed E-state index contributed by atoms with van der Waals surface area (Å²) in [4.78, 5) is 34.8. The van der Waals surface area contributed by atoms with Gasteiger partial charge < -0.3 is 14.8 Å². The van der Waals surface area contributed by atoms with E-state index in [4.69, 9.17) is 9.47 Å². The first kappa shape index (κ1) is 19.9. The van der Waals surface area contributed by atoms with Crippen molar-refractivity contribution in [3.05, 3.63) is 64.2 Å². The maximum absolute atomic E-state index is 12.2. The second kappa shape index (κ2) is 8.79. The molecule has 0 aliphatic carbocycles. The maximum atomic E-state index is 12.2. The van der Waals surface area contributed by atoms with Gasteiger partial charge in [0.25, 0.3) is 11.6 Å². The van der Waals surface area contributed by atoms with Gasteiger partial charge in [-0.15, -0.1) is 0 Å². The van der Waals surface area contributed by atoms with Crippen LogP contribution in [0, 0.1) is 10.1 Å². The lowest BCUT2D eigenvalue weighted by atomic mass is 10.2. The van der Waals surface area contributed by atoms with Crippen molar-refractivity contribution >= 4 is 23.3 Å². The first-order chi connectivity index (χ1) is 12.8. The molecule has 8 heteroatoms. The SMILES string of the molecule is CC(C)Oc1ccc(C(=O)O[C@H](C)C(=O)Nc2ccccc2[N+](=O)[O-])cc1. The van der Waals surface area contributed by atoms with Crippen molar-refractivity contribution in [2.24, 2.45) is 0 Å². The van der Waals surface area contributed by atoms with Gasteiger partial charge in [0, 0.05) is 6.07 Å². The summed E-state index contributed by atoms with van der Waals surface area (Å²) in [6.07, 6.45) is -1.13. The van der Waals surface area contributed by atoms with Crippen LogP contribution in [0.15, 0.2) is 48.5 Å². The third kappa shape index (κ3) is 5.53. The number of esters is 1. The number of anilines is 1. The predicted molar refractivity (Wildman–Crippen MR) is 98.8 cm³/mol. The van der Waals surface area contributed by atoms with Crippen molar-refractivity contribution in [2.75, 3.05) is 5.32 Å². The van der Waals surface area contributed by atoms with E-state index in [9.17, 15) is 19.7 Å². The molecule has 1 amide bonds. The molecule has 0 unspecified atom stereocenters. The minimum absolute atomic E-state index is 0.00793. The number of nitrogens with zero attached hydrogens (tertiary/aromatic N) is 1. The number of hydrogen-bond donors (Lipinski definition) is 1. The molecule has 0 aromatic heterocycles. The highest BCUT2D eigenvalue weighted by Crippen LogP contribution is 2.23. The Kier molecular flexibility index (Phi) is 6.48. The van der Waals surface area contributed by atoms with E-state index < -0.39 is 22.9 Å². The van der Waals surface area contributed by atoms with Crippen LogP contribution in [0.3, 0.4) is 0 Å². The normalized spacial score (nSPS) is 11.6. The Balaban J connectivity index is 1.99. The Bertz CT molecular complexity index is 832. The number of nitro groups is 1. The summed E-state index contributed by atoms with van der Waals surface area (Å²) in [6, 6.07) is 12.1. The lowest BCUT2D eigenvalue weighted by molar-refractivity contribution is -0.383. The van der Waals surface area contributed by atoms with Gasteiger partial charge >= 0.3 is 5.97 Å². The van der Waals surface area contributed by atoms with Crippen molar-refractivity contribution in [3.63, 3.8) is 0 Å². The van der Waals surface area contributed by atoms with E-state index in [0.717, 1.165) is 0 Å². The molecule has 0 aliphatic rings. The van der Waals surface area contributed by atoms with Gasteiger partial charge in [-0.1, -0.05) is 12.1 Å². The lowest BCUT2D eigenvalue weighted by Gasteiger charge is -2.14. The molecule has 2 rings (SSSR count). The zero-order chi connectivity index (χ0) is 20.0. The topological polar surface area (TPSA) is 108 Å². The second-order valence-electron chi connectivity index (χ2n) is 6.00. The van der Waals surface area contributed by atoms with Gasteiger partial charge in [-0.05, 0) is 51.1 Å². The van der Waals surface area contributed by atoms with Gasteiger partial charge in [-0.2, -0.15) is 0 Å². The van der Waals surface area contributed by atoms with Crippen LogP contribution in [-0.4, -0.2) is 29.0 Å². The van der Waals surface area contributed by atoms with Gasteiger partial charge in [0.2, 0.25) is 0 Å². The molecule has 27 heavy (non-hydrogen) atoms. The number of para-hydroxylation sites is 2. The van der Waals surface area contributed by atoms with Gasteiger partial charge in [0.05, 0.1) is 16.6 Å². The Morgan fingerprint density at radius 3 is 2.26 bits per heavy atom. The van der Waals surface area contributed by atoms with Crippen LogP contribution < -0.4 is 10.1 Å². The molecule has 0 spiro atoms. The average molecular weight is 372 g/mol. The summed E-state index contributed by atoms with van der Waals surface area (Å²) >= 11 is 0. The molecule has 0 radical (unpaired) electrons. The van der Waals surface area contributed by atoms with Crippen molar-refractivity contribution < 1.29 is 24.0 Å². The first-order valence-corrected chi connectivity index (χ1v) is 8.30. The van der Waals surface area contributed by atoms with E-state index in [1.54, 1.807) is 18.2 Å². The number of amides is 1. The van der Waals surface area contributed by atoms with Crippen LogP contribution in [0.25, 0.3) is 0 Å². The Morgan fingerprint density at radius 2 is 1.67 bits per heavy atom. The summed E-state index contributed by atoms with van der Waals surface area (Å²) in [7, 11) is 0. The van der Waals surface area contributed by atoms with E-state index in [2.05, 4.69) is 5.32 Å². The first-order valence-electron chi connectivity index (χ1n) is 8.30. The fourth-order valence-corrected chi connectivity index (χ4v) is 2.20.